The Kier molecular flexibility index (Phi) is 7.35. The van der Waals surface area contributed by atoms with Crippen LogP contribution in [0.25, 0.3) is 11.0 Å². The Morgan fingerprint density at radius 1 is 1.06 bits per heavy atom. The average molecular weight is 496 g/mol. The second kappa shape index (κ2) is 9.51. The van der Waals surface area contributed by atoms with Gasteiger partial charge in [-0.15, -0.1) is 5.10 Å². The van der Waals surface area contributed by atoms with E-state index in [1.807, 2.05) is 38.5 Å². The van der Waals surface area contributed by atoms with E-state index in [0.717, 1.165) is 33.5 Å². The van der Waals surface area contributed by atoms with Crippen LogP contribution in [0.15, 0.2) is 30.3 Å². The minimum Gasteiger partial charge on any atom is -0.469 e. The predicted molar refractivity (Wildman–Crippen MR) is 144 cm³/mol. The fourth-order valence-electron chi connectivity index (χ4n) is 4.36. The van der Waals surface area contributed by atoms with Crippen LogP contribution in [0.1, 0.15) is 68.6 Å². The van der Waals surface area contributed by atoms with Gasteiger partial charge in [-0.1, -0.05) is 39.0 Å². The maximum Gasteiger partial charge on any atom is 0.312 e. The number of esters is 1. The van der Waals surface area contributed by atoms with Gasteiger partial charge < -0.3 is 13.7 Å². The normalized spacial score (nSPS) is 13.8. The van der Waals surface area contributed by atoms with Crippen LogP contribution in [0.5, 0.6) is 0 Å². The lowest BCUT2D eigenvalue weighted by atomic mass is 9.72. The molecule has 0 spiro atoms. The number of aromatic nitrogens is 3. The summed E-state index contributed by atoms with van der Waals surface area (Å²) in [7, 11) is 1.52. The lowest BCUT2D eigenvalue weighted by Gasteiger charge is -2.36. The van der Waals surface area contributed by atoms with Crippen molar-refractivity contribution in [2.75, 3.05) is 7.11 Å². The molecular weight excluding hydrogens is 454 g/mol. The van der Waals surface area contributed by atoms with E-state index < -0.39 is 13.7 Å². The summed E-state index contributed by atoms with van der Waals surface area (Å²) in [5.41, 5.74) is 5.22. The van der Waals surface area contributed by atoms with E-state index in [9.17, 15) is 4.79 Å². The first-order chi connectivity index (χ1) is 16.1. The van der Waals surface area contributed by atoms with Crippen molar-refractivity contribution in [2.45, 2.75) is 79.1 Å². The summed E-state index contributed by atoms with van der Waals surface area (Å²) >= 11 is 0. The van der Waals surface area contributed by atoms with Crippen molar-refractivity contribution in [2.24, 2.45) is 12.5 Å². The Morgan fingerprint density at radius 2 is 1.71 bits per heavy atom. The van der Waals surface area contributed by atoms with E-state index >= 15 is 0 Å². The number of carbonyl (C=O) groups excluding carboxylic acids is 1. The van der Waals surface area contributed by atoms with Crippen LogP contribution in [0, 0.1) is 19.3 Å². The highest BCUT2D eigenvalue weighted by Gasteiger charge is 2.42. The number of benzene rings is 1. The molecule has 2 heterocycles. The Balaban J connectivity index is 2.15. The predicted octanol–water partition coefficient (Wildman–Crippen LogP) is 6.44. The molecule has 3 rings (SSSR count). The lowest BCUT2D eigenvalue weighted by molar-refractivity contribution is -0.151. The number of hydrogen-bond acceptors (Lipinski definition) is 5. The molecule has 1 atom stereocenters. The summed E-state index contributed by atoms with van der Waals surface area (Å²) in [5.74, 6) is -0.503. The van der Waals surface area contributed by atoms with E-state index in [-0.39, 0.29) is 16.9 Å². The average Bonchev–Trinajstić information content (AvgIpc) is 3.07. The number of fused-ring (bicyclic) bond motifs is 1. The van der Waals surface area contributed by atoms with Gasteiger partial charge in [-0.05, 0) is 74.7 Å². The third-order valence-corrected chi connectivity index (χ3v) is 12.2. The number of methoxy groups -OCH3 is 1. The van der Waals surface area contributed by atoms with Crippen molar-refractivity contribution in [1.29, 1.82) is 0 Å². The number of aryl methyl sites for hydroxylation is 3. The molecule has 0 bridgehead atoms. The molecule has 6 nitrogen and oxygen atoms in total. The Morgan fingerprint density at radius 3 is 2.31 bits per heavy atom. The maximum absolute atomic E-state index is 13.0. The standard InChI is InChI=1S/C28H41N3O3Si/c1-18-12-13-20(15-22(18)17-34-35(10,11)27(3,4)5)24(28(6,7)26(32)33-9)23-16-21-14-19(2)29-30-25(21)31(23)8/h12-16,24H,17H2,1-11H3. The van der Waals surface area contributed by atoms with Gasteiger partial charge in [0.1, 0.15) is 0 Å². The van der Waals surface area contributed by atoms with Crippen LogP contribution in [0.3, 0.4) is 0 Å². The summed E-state index contributed by atoms with van der Waals surface area (Å²) in [5, 5.41) is 9.80. The van der Waals surface area contributed by atoms with Gasteiger partial charge >= 0.3 is 5.97 Å². The molecule has 3 aromatic rings. The molecule has 0 radical (unpaired) electrons. The van der Waals surface area contributed by atoms with Gasteiger partial charge in [0.15, 0.2) is 14.0 Å². The van der Waals surface area contributed by atoms with Crippen molar-refractivity contribution in [3.8, 4) is 0 Å². The third kappa shape index (κ3) is 5.21. The molecule has 0 amide bonds. The smallest absolute Gasteiger partial charge is 0.312 e. The molecular formula is C28H41N3O3Si. The molecule has 0 fully saturated rings. The van der Waals surface area contributed by atoms with Crippen molar-refractivity contribution in [1.82, 2.24) is 14.8 Å². The first kappa shape index (κ1) is 27.1. The fourth-order valence-corrected chi connectivity index (χ4v) is 5.31. The van der Waals surface area contributed by atoms with Crippen LogP contribution < -0.4 is 0 Å². The summed E-state index contributed by atoms with van der Waals surface area (Å²) in [6.45, 7) is 19.8. The van der Waals surface area contributed by atoms with E-state index in [1.54, 1.807) is 0 Å². The van der Waals surface area contributed by atoms with Gasteiger partial charge in [0, 0.05) is 24.0 Å². The van der Waals surface area contributed by atoms with E-state index in [4.69, 9.17) is 9.16 Å². The molecule has 0 saturated heterocycles. The number of nitrogens with zero attached hydrogens (tertiary/aromatic N) is 3. The SMILES string of the molecule is COC(=O)C(C)(C)C(c1ccc(C)c(CO[Si](C)(C)C(C)(C)C)c1)c1cc2cc(C)nnc2n1C. The number of rotatable bonds is 7. The van der Waals surface area contributed by atoms with Crippen molar-refractivity contribution in [3.05, 3.63) is 58.4 Å². The molecule has 0 aliphatic rings. The van der Waals surface area contributed by atoms with Gasteiger partial charge in [0.25, 0.3) is 0 Å². The van der Waals surface area contributed by atoms with E-state index in [1.165, 1.54) is 12.7 Å². The molecule has 0 N–H and O–H groups in total. The van der Waals surface area contributed by atoms with Crippen LogP contribution >= 0.6 is 0 Å². The van der Waals surface area contributed by atoms with Gasteiger partial charge in [0.05, 0.1) is 24.8 Å². The largest absolute Gasteiger partial charge is 0.469 e. The zero-order chi connectivity index (χ0) is 26.3. The molecule has 2 aromatic heterocycles. The quantitative estimate of drug-likeness (QED) is 0.279. The molecule has 1 unspecified atom stereocenters. The van der Waals surface area contributed by atoms with Crippen molar-refractivity contribution in [3.63, 3.8) is 0 Å². The Labute approximate surface area is 211 Å². The van der Waals surface area contributed by atoms with Crippen molar-refractivity contribution >= 4 is 25.3 Å². The third-order valence-electron chi connectivity index (χ3n) is 7.76. The molecule has 35 heavy (non-hydrogen) atoms. The van der Waals surface area contributed by atoms with Gasteiger partial charge in [-0.2, -0.15) is 5.10 Å². The minimum absolute atomic E-state index is 0.135. The first-order valence-electron chi connectivity index (χ1n) is 12.2. The van der Waals surface area contributed by atoms with E-state index in [0.29, 0.717) is 6.61 Å². The molecule has 7 heteroatoms. The summed E-state index contributed by atoms with van der Waals surface area (Å²) in [6.07, 6.45) is 0. The highest BCUT2D eigenvalue weighted by Crippen LogP contribution is 2.44. The van der Waals surface area contributed by atoms with Gasteiger partial charge in [-0.25, -0.2) is 0 Å². The highest BCUT2D eigenvalue weighted by atomic mass is 28.4. The monoisotopic (exact) mass is 495 g/mol. The van der Waals surface area contributed by atoms with Crippen LogP contribution in [0.2, 0.25) is 18.1 Å². The molecule has 1 aromatic carbocycles. The molecule has 190 valence electrons. The van der Waals surface area contributed by atoms with Crippen LogP contribution in [0.4, 0.5) is 0 Å². The summed E-state index contributed by atoms with van der Waals surface area (Å²) in [4.78, 5) is 13.0. The molecule has 0 saturated carbocycles. The maximum atomic E-state index is 13.0. The summed E-state index contributed by atoms with van der Waals surface area (Å²) in [6, 6.07) is 10.6. The molecule has 0 aliphatic heterocycles. The number of ether oxygens (including phenoxy) is 1. The number of carbonyl (C=O) groups is 1. The zero-order valence-corrected chi connectivity index (χ0v) is 24.2. The Hall–Kier alpha value is -2.51. The number of hydrogen-bond donors (Lipinski definition) is 0. The second-order valence-electron chi connectivity index (χ2n) is 11.8. The second-order valence-corrected chi connectivity index (χ2v) is 16.6. The van der Waals surface area contributed by atoms with E-state index in [2.05, 4.69) is 75.3 Å². The van der Waals surface area contributed by atoms with Crippen molar-refractivity contribution < 1.29 is 14.0 Å². The highest BCUT2D eigenvalue weighted by molar-refractivity contribution is 6.74. The van der Waals surface area contributed by atoms with Gasteiger partial charge in [-0.3, -0.25) is 4.79 Å². The minimum atomic E-state index is -1.91. The van der Waals surface area contributed by atoms with Crippen LogP contribution in [-0.4, -0.2) is 36.2 Å². The Bertz CT molecular complexity index is 1240. The lowest BCUT2D eigenvalue weighted by Crippen LogP contribution is -2.40. The van der Waals surface area contributed by atoms with Crippen LogP contribution in [-0.2, 0) is 27.6 Å². The fraction of sp³-hybridized carbons (Fsp3) is 0.536. The molecule has 0 aliphatic carbocycles. The topological polar surface area (TPSA) is 66.2 Å². The summed E-state index contributed by atoms with van der Waals surface area (Å²) < 4.78 is 13.9. The van der Waals surface area contributed by atoms with Gasteiger partial charge in [0.2, 0.25) is 0 Å². The first-order valence-corrected chi connectivity index (χ1v) is 15.1. The zero-order valence-electron chi connectivity index (χ0n) is 23.2.